The van der Waals surface area contributed by atoms with Crippen molar-refractivity contribution in [3.63, 3.8) is 0 Å². The molecule has 0 saturated heterocycles. The van der Waals surface area contributed by atoms with E-state index in [1.54, 1.807) is 14.2 Å². The molecule has 0 N–H and O–H groups in total. The molecule has 0 aromatic heterocycles. The van der Waals surface area contributed by atoms with Crippen molar-refractivity contribution in [1.82, 2.24) is 0 Å². The maximum atomic E-state index is 5.54. The molecule has 0 aliphatic carbocycles. The van der Waals surface area contributed by atoms with Gasteiger partial charge in [0.1, 0.15) is 11.5 Å². The highest BCUT2D eigenvalue weighted by Crippen LogP contribution is 2.48. The topological polar surface area (TPSA) is 18.5 Å². The van der Waals surface area contributed by atoms with Crippen LogP contribution in [-0.4, -0.2) is 14.2 Å². The number of halogens is 6. The third-order valence-corrected chi connectivity index (χ3v) is 9.42. The fraction of sp³-hybridized carbons (Fsp3) is 0.217. The van der Waals surface area contributed by atoms with E-state index in [1.807, 2.05) is 0 Å². The van der Waals surface area contributed by atoms with Crippen molar-refractivity contribution < 1.29 is 9.47 Å². The van der Waals surface area contributed by atoms with Crippen molar-refractivity contribution in [3.05, 3.63) is 85.5 Å². The van der Waals surface area contributed by atoms with E-state index in [0.29, 0.717) is 0 Å². The second kappa shape index (κ2) is 10.2. The molecular weight excluding hydrogens is 788 g/mol. The Bertz CT molecular complexity index is 1030. The maximum absolute atomic E-state index is 5.54. The van der Waals surface area contributed by atoms with E-state index in [1.165, 1.54) is 0 Å². The second-order valence-corrected chi connectivity index (χ2v) is 12.3. The van der Waals surface area contributed by atoms with Crippen LogP contribution in [0, 0.1) is 6.92 Å². The average molecular weight is 806 g/mol. The number of benzene rings is 3. The Kier molecular flexibility index (Phi) is 8.46. The first kappa shape index (κ1) is 25.8. The summed E-state index contributed by atoms with van der Waals surface area (Å²) in [4.78, 5) is 0. The lowest BCUT2D eigenvalue weighted by atomic mass is 9.71. The molecule has 3 rings (SSSR count). The van der Waals surface area contributed by atoms with Crippen molar-refractivity contribution in [2.75, 3.05) is 14.2 Å². The van der Waals surface area contributed by atoms with E-state index in [-0.39, 0.29) is 0 Å². The Labute approximate surface area is 233 Å². The van der Waals surface area contributed by atoms with Crippen molar-refractivity contribution in [2.24, 2.45) is 0 Å². The van der Waals surface area contributed by atoms with Crippen LogP contribution >= 0.6 is 95.6 Å². The fourth-order valence-electron chi connectivity index (χ4n) is 3.52. The smallest absolute Gasteiger partial charge is 0.147 e. The van der Waals surface area contributed by atoms with Gasteiger partial charge in [-0.15, -0.1) is 0 Å². The van der Waals surface area contributed by atoms with Crippen LogP contribution in [0.5, 0.6) is 11.5 Å². The number of hydrogen-bond donors (Lipinski definition) is 0. The van der Waals surface area contributed by atoms with Gasteiger partial charge in [0.05, 0.1) is 32.1 Å². The first-order chi connectivity index (χ1) is 14.5. The molecule has 3 aromatic rings. The van der Waals surface area contributed by atoms with Crippen LogP contribution in [0.1, 0.15) is 29.2 Å². The summed E-state index contributed by atoms with van der Waals surface area (Å²) in [5, 5.41) is 0. The minimum Gasteiger partial charge on any atom is -0.494 e. The molecule has 0 aliphatic heterocycles. The summed E-state index contributed by atoms with van der Waals surface area (Å²) in [6.07, 6.45) is 0. The van der Waals surface area contributed by atoms with E-state index < -0.39 is 5.41 Å². The Morgan fingerprint density at radius 2 is 0.806 bits per heavy atom. The van der Waals surface area contributed by atoms with Gasteiger partial charge in [-0.3, -0.25) is 0 Å². The largest absolute Gasteiger partial charge is 0.494 e. The summed E-state index contributed by atoms with van der Waals surface area (Å²) in [6.45, 7) is 4.30. The number of hydrogen-bond acceptors (Lipinski definition) is 2. The zero-order chi connectivity index (χ0) is 23.1. The molecule has 0 unspecified atom stereocenters. The molecule has 31 heavy (non-hydrogen) atoms. The average Bonchev–Trinajstić information content (AvgIpc) is 2.70. The molecule has 0 atom stereocenters. The third-order valence-electron chi connectivity index (χ3n) is 5.42. The minimum atomic E-state index is -0.493. The highest BCUT2D eigenvalue weighted by Gasteiger charge is 2.34. The number of methoxy groups -OCH3 is 2. The van der Waals surface area contributed by atoms with Crippen molar-refractivity contribution in [3.8, 4) is 11.5 Å². The van der Waals surface area contributed by atoms with Crippen LogP contribution in [0.4, 0.5) is 0 Å². The van der Waals surface area contributed by atoms with E-state index in [4.69, 9.17) is 9.47 Å². The van der Waals surface area contributed by atoms with Crippen LogP contribution in [0.2, 0.25) is 0 Å². The normalized spacial score (nSPS) is 11.5. The predicted octanol–water partition coefficient (Wildman–Crippen LogP) is 9.94. The van der Waals surface area contributed by atoms with Gasteiger partial charge >= 0.3 is 0 Å². The minimum absolute atomic E-state index is 0.493. The van der Waals surface area contributed by atoms with E-state index in [0.717, 1.165) is 60.6 Å². The fourth-order valence-corrected chi connectivity index (χ4v) is 7.73. The summed E-state index contributed by atoms with van der Waals surface area (Å²) >= 11 is 22.2. The van der Waals surface area contributed by atoms with Gasteiger partial charge < -0.3 is 9.47 Å². The molecule has 0 fully saturated rings. The number of rotatable bonds is 5. The molecule has 8 heteroatoms. The molecule has 0 radical (unpaired) electrons. The Morgan fingerprint density at radius 1 is 0.548 bits per heavy atom. The Balaban J connectivity index is 2.41. The highest BCUT2D eigenvalue weighted by molar-refractivity contribution is 9.11. The van der Waals surface area contributed by atoms with Gasteiger partial charge in [0.15, 0.2) is 0 Å². The van der Waals surface area contributed by atoms with Gasteiger partial charge in [-0.2, -0.15) is 0 Å². The van der Waals surface area contributed by atoms with Crippen molar-refractivity contribution >= 4 is 95.6 Å². The van der Waals surface area contributed by atoms with Crippen LogP contribution in [0.3, 0.4) is 0 Å². The van der Waals surface area contributed by atoms with Gasteiger partial charge in [-0.1, -0.05) is 31.9 Å². The van der Waals surface area contributed by atoms with Crippen molar-refractivity contribution in [1.29, 1.82) is 0 Å². The summed E-state index contributed by atoms with van der Waals surface area (Å²) in [7, 11) is 3.32. The lowest BCUT2D eigenvalue weighted by molar-refractivity contribution is 0.408. The third kappa shape index (κ3) is 4.85. The molecule has 3 aromatic carbocycles. The molecule has 0 heterocycles. The van der Waals surface area contributed by atoms with Crippen LogP contribution in [0.25, 0.3) is 0 Å². The lowest BCUT2D eigenvalue weighted by Gasteiger charge is -2.34. The molecule has 0 aliphatic rings. The highest BCUT2D eigenvalue weighted by atomic mass is 79.9. The number of ether oxygens (including phenoxy) is 2. The monoisotopic (exact) mass is 800 g/mol. The molecule has 0 saturated carbocycles. The SMILES string of the molecule is COc1c(Br)cc(C(C)(c2cc(Br)c(C)c(Br)c2)c2cc(Br)c(OC)c(Br)c2)cc1Br. The summed E-state index contributed by atoms with van der Waals surface area (Å²) in [5.74, 6) is 1.52. The van der Waals surface area contributed by atoms with Gasteiger partial charge in [-0.05, 0) is 136 Å². The van der Waals surface area contributed by atoms with Gasteiger partial charge in [0.25, 0.3) is 0 Å². The maximum Gasteiger partial charge on any atom is 0.147 e. The zero-order valence-corrected chi connectivity index (χ0v) is 26.6. The van der Waals surface area contributed by atoms with Gasteiger partial charge in [-0.25, -0.2) is 0 Å². The quantitative estimate of drug-likeness (QED) is 0.239. The van der Waals surface area contributed by atoms with Gasteiger partial charge in [0.2, 0.25) is 0 Å². The Hall–Kier alpha value is 0.140. The predicted molar refractivity (Wildman–Crippen MR) is 149 cm³/mol. The van der Waals surface area contributed by atoms with E-state index >= 15 is 0 Å². The van der Waals surface area contributed by atoms with Crippen LogP contribution in [-0.2, 0) is 5.41 Å². The van der Waals surface area contributed by atoms with Crippen LogP contribution in [0.15, 0.2) is 63.2 Å². The van der Waals surface area contributed by atoms with Gasteiger partial charge in [0, 0.05) is 14.4 Å². The molecule has 164 valence electrons. The summed E-state index contributed by atoms with van der Waals surface area (Å²) in [5.41, 5.74) is 3.98. The lowest BCUT2D eigenvalue weighted by Crippen LogP contribution is -2.26. The molecular formula is C23H18Br6O2. The van der Waals surface area contributed by atoms with E-state index in [9.17, 15) is 0 Å². The summed E-state index contributed by atoms with van der Waals surface area (Å²) < 4.78 is 16.7. The Morgan fingerprint density at radius 3 is 1.06 bits per heavy atom. The van der Waals surface area contributed by atoms with E-state index in [2.05, 4.69) is 146 Å². The standard InChI is InChI=1S/C23H18Br6O2/c1-11-15(24)5-12(6-16(11)25)23(2,13-7-17(26)21(30-3)18(27)8-13)14-9-19(28)22(31-4)20(29)10-14/h5-10H,1-4H3. The second-order valence-electron chi connectivity index (χ2n) is 7.14. The van der Waals surface area contributed by atoms with Crippen molar-refractivity contribution in [2.45, 2.75) is 19.3 Å². The molecule has 0 bridgehead atoms. The first-order valence-corrected chi connectivity index (χ1v) is 13.8. The zero-order valence-electron chi connectivity index (χ0n) is 17.0. The molecule has 0 amide bonds. The van der Waals surface area contributed by atoms with Crippen LogP contribution < -0.4 is 9.47 Å². The molecule has 2 nitrogen and oxygen atoms in total. The summed E-state index contributed by atoms with van der Waals surface area (Å²) in [6, 6.07) is 12.8. The molecule has 0 spiro atoms. The first-order valence-electron chi connectivity index (χ1n) is 9.07.